The van der Waals surface area contributed by atoms with Crippen molar-refractivity contribution in [2.24, 2.45) is 11.7 Å². The Balaban J connectivity index is 2.32. The molecule has 90 valence electrons. The first-order chi connectivity index (χ1) is 6.92. The SMILES string of the molecule is CCC1CN(CCC(C)(C)O)CCC1N. The zero-order valence-corrected chi connectivity index (χ0v) is 10.4. The van der Waals surface area contributed by atoms with E-state index >= 15 is 0 Å². The highest BCUT2D eigenvalue weighted by Crippen LogP contribution is 2.19. The number of hydrogen-bond donors (Lipinski definition) is 2. The van der Waals surface area contributed by atoms with Gasteiger partial charge in [-0.1, -0.05) is 13.3 Å². The molecule has 2 unspecified atom stereocenters. The third-order valence-electron chi connectivity index (χ3n) is 3.44. The van der Waals surface area contributed by atoms with Crippen LogP contribution in [0.25, 0.3) is 0 Å². The van der Waals surface area contributed by atoms with Crippen LogP contribution in [-0.2, 0) is 0 Å². The fourth-order valence-corrected chi connectivity index (χ4v) is 2.19. The summed E-state index contributed by atoms with van der Waals surface area (Å²) >= 11 is 0. The normalized spacial score (nSPS) is 29.4. The van der Waals surface area contributed by atoms with Crippen LogP contribution in [0.15, 0.2) is 0 Å². The van der Waals surface area contributed by atoms with Gasteiger partial charge in [0.1, 0.15) is 0 Å². The molecule has 1 rings (SSSR count). The molecule has 0 aromatic rings. The summed E-state index contributed by atoms with van der Waals surface area (Å²) in [5.74, 6) is 0.639. The van der Waals surface area contributed by atoms with E-state index < -0.39 is 5.60 Å². The van der Waals surface area contributed by atoms with Crippen LogP contribution in [0.3, 0.4) is 0 Å². The van der Waals surface area contributed by atoms with E-state index in [1.165, 1.54) is 6.42 Å². The second-order valence-corrected chi connectivity index (χ2v) is 5.48. The van der Waals surface area contributed by atoms with E-state index in [-0.39, 0.29) is 0 Å². The Bertz CT molecular complexity index is 189. The number of aliphatic hydroxyl groups is 1. The minimum absolute atomic E-state index is 0.383. The van der Waals surface area contributed by atoms with Crippen LogP contribution in [-0.4, -0.2) is 41.3 Å². The van der Waals surface area contributed by atoms with Gasteiger partial charge >= 0.3 is 0 Å². The Morgan fingerprint density at radius 2 is 2.13 bits per heavy atom. The van der Waals surface area contributed by atoms with E-state index in [2.05, 4.69) is 11.8 Å². The highest BCUT2D eigenvalue weighted by molar-refractivity contribution is 4.82. The average Bonchev–Trinajstić information content (AvgIpc) is 2.15. The van der Waals surface area contributed by atoms with Gasteiger partial charge in [0.15, 0.2) is 0 Å². The molecule has 0 amide bonds. The highest BCUT2D eigenvalue weighted by Gasteiger charge is 2.26. The molecule has 1 aliphatic heterocycles. The summed E-state index contributed by atoms with van der Waals surface area (Å²) in [6.07, 6.45) is 3.11. The predicted octanol–water partition coefficient (Wildman–Crippen LogP) is 1.21. The summed E-state index contributed by atoms with van der Waals surface area (Å²) in [6.45, 7) is 9.15. The third-order valence-corrected chi connectivity index (χ3v) is 3.44. The zero-order chi connectivity index (χ0) is 11.5. The predicted molar refractivity (Wildman–Crippen MR) is 63.7 cm³/mol. The van der Waals surface area contributed by atoms with Crippen LogP contribution in [0.5, 0.6) is 0 Å². The first-order valence-corrected chi connectivity index (χ1v) is 6.12. The third kappa shape index (κ3) is 4.49. The maximum absolute atomic E-state index is 9.67. The van der Waals surface area contributed by atoms with Gasteiger partial charge in [-0.25, -0.2) is 0 Å². The van der Waals surface area contributed by atoms with Crippen molar-refractivity contribution >= 4 is 0 Å². The van der Waals surface area contributed by atoms with Gasteiger partial charge in [0.25, 0.3) is 0 Å². The number of rotatable bonds is 4. The lowest BCUT2D eigenvalue weighted by molar-refractivity contribution is 0.0483. The van der Waals surface area contributed by atoms with E-state index in [4.69, 9.17) is 5.73 Å². The van der Waals surface area contributed by atoms with E-state index in [1.54, 1.807) is 0 Å². The van der Waals surface area contributed by atoms with Crippen LogP contribution >= 0.6 is 0 Å². The molecule has 3 nitrogen and oxygen atoms in total. The quantitative estimate of drug-likeness (QED) is 0.739. The standard InChI is InChI=1S/C12H26N2O/c1-4-10-9-14(7-5-11(10)13)8-6-12(2,3)15/h10-11,15H,4-9,13H2,1-3H3. The van der Waals surface area contributed by atoms with Gasteiger partial charge in [-0.15, -0.1) is 0 Å². The van der Waals surface area contributed by atoms with Crippen LogP contribution in [0.4, 0.5) is 0 Å². The van der Waals surface area contributed by atoms with Crippen LogP contribution in [0.2, 0.25) is 0 Å². The Labute approximate surface area is 93.6 Å². The van der Waals surface area contributed by atoms with Crippen molar-refractivity contribution in [2.75, 3.05) is 19.6 Å². The van der Waals surface area contributed by atoms with Crippen molar-refractivity contribution in [1.82, 2.24) is 4.90 Å². The van der Waals surface area contributed by atoms with Crippen molar-refractivity contribution in [2.45, 2.75) is 51.7 Å². The van der Waals surface area contributed by atoms with Crippen molar-refractivity contribution in [3.05, 3.63) is 0 Å². The summed E-state index contributed by atoms with van der Waals surface area (Å²) in [4.78, 5) is 2.44. The number of nitrogens with two attached hydrogens (primary N) is 1. The molecule has 0 aromatic heterocycles. The monoisotopic (exact) mass is 214 g/mol. The largest absolute Gasteiger partial charge is 0.390 e. The molecule has 1 saturated heterocycles. The zero-order valence-electron chi connectivity index (χ0n) is 10.4. The molecule has 0 aliphatic carbocycles. The molecule has 1 heterocycles. The minimum atomic E-state index is -0.540. The maximum atomic E-state index is 9.67. The van der Waals surface area contributed by atoms with Gasteiger partial charge in [0.05, 0.1) is 5.60 Å². The molecule has 0 bridgehead atoms. The van der Waals surface area contributed by atoms with Crippen LogP contribution in [0, 0.1) is 5.92 Å². The summed E-state index contributed by atoms with van der Waals surface area (Å²) in [7, 11) is 0. The van der Waals surface area contributed by atoms with Crippen LogP contribution < -0.4 is 5.73 Å². The average molecular weight is 214 g/mol. The van der Waals surface area contributed by atoms with Crippen molar-refractivity contribution in [3.8, 4) is 0 Å². The molecular weight excluding hydrogens is 188 g/mol. The smallest absolute Gasteiger partial charge is 0.0603 e. The maximum Gasteiger partial charge on any atom is 0.0603 e. The fourth-order valence-electron chi connectivity index (χ4n) is 2.19. The minimum Gasteiger partial charge on any atom is -0.390 e. The van der Waals surface area contributed by atoms with Crippen molar-refractivity contribution < 1.29 is 5.11 Å². The van der Waals surface area contributed by atoms with E-state index in [9.17, 15) is 5.11 Å². The molecule has 3 N–H and O–H groups in total. The molecular formula is C12H26N2O. The van der Waals surface area contributed by atoms with Gasteiger partial charge in [-0.2, -0.15) is 0 Å². The Kier molecular flexibility index (Phi) is 4.56. The summed E-state index contributed by atoms with van der Waals surface area (Å²) in [6, 6.07) is 0.383. The number of likely N-dealkylation sites (tertiary alicyclic amines) is 1. The number of hydrogen-bond acceptors (Lipinski definition) is 3. The molecule has 3 heteroatoms. The Morgan fingerprint density at radius 1 is 1.47 bits per heavy atom. The second-order valence-electron chi connectivity index (χ2n) is 5.48. The molecule has 1 aliphatic rings. The Morgan fingerprint density at radius 3 is 2.67 bits per heavy atom. The first kappa shape index (κ1) is 12.9. The summed E-state index contributed by atoms with van der Waals surface area (Å²) in [5.41, 5.74) is 5.52. The van der Waals surface area contributed by atoms with Crippen molar-refractivity contribution in [1.29, 1.82) is 0 Å². The van der Waals surface area contributed by atoms with Gasteiger partial charge in [-0.05, 0) is 39.2 Å². The molecule has 0 aromatic carbocycles. The number of piperidine rings is 1. The van der Waals surface area contributed by atoms with E-state index in [1.807, 2.05) is 13.8 Å². The topological polar surface area (TPSA) is 49.5 Å². The molecule has 1 fully saturated rings. The molecule has 15 heavy (non-hydrogen) atoms. The lowest BCUT2D eigenvalue weighted by Gasteiger charge is -2.37. The van der Waals surface area contributed by atoms with Crippen LogP contribution in [0.1, 0.15) is 40.0 Å². The number of nitrogens with zero attached hydrogens (tertiary/aromatic N) is 1. The van der Waals surface area contributed by atoms with Gasteiger partial charge < -0.3 is 15.7 Å². The molecule has 2 atom stereocenters. The highest BCUT2D eigenvalue weighted by atomic mass is 16.3. The second kappa shape index (κ2) is 5.28. The first-order valence-electron chi connectivity index (χ1n) is 6.12. The van der Waals surface area contributed by atoms with E-state index in [0.717, 1.165) is 32.5 Å². The molecule has 0 saturated carbocycles. The van der Waals surface area contributed by atoms with Gasteiger partial charge in [-0.3, -0.25) is 0 Å². The fraction of sp³-hybridized carbons (Fsp3) is 1.00. The lowest BCUT2D eigenvalue weighted by atomic mass is 9.90. The summed E-state index contributed by atoms with van der Waals surface area (Å²) < 4.78 is 0. The van der Waals surface area contributed by atoms with Gasteiger partial charge in [0, 0.05) is 19.1 Å². The van der Waals surface area contributed by atoms with E-state index in [0.29, 0.717) is 12.0 Å². The van der Waals surface area contributed by atoms with Gasteiger partial charge in [0.2, 0.25) is 0 Å². The molecule has 0 spiro atoms. The molecule has 0 radical (unpaired) electrons. The summed E-state index contributed by atoms with van der Waals surface area (Å²) in [5, 5.41) is 9.67. The Hall–Kier alpha value is -0.120. The lowest BCUT2D eigenvalue weighted by Crippen LogP contribution is -2.47. The van der Waals surface area contributed by atoms with Crippen molar-refractivity contribution in [3.63, 3.8) is 0 Å².